The summed E-state index contributed by atoms with van der Waals surface area (Å²) in [7, 11) is 0. The molecular weight excluding hydrogens is 267 g/mol. The van der Waals surface area contributed by atoms with Gasteiger partial charge in [0.05, 0.1) is 5.02 Å². The van der Waals surface area contributed by atoms with Crippen molar-refractivity contribution in [1.29, 1.82) is 0 Å². The molecule has 1 N–H and O–H groups in total. The number of aromatic hydroxyl groups is 1. The summed E-state index contributed by atoms with van der Waals surface area (Å²) in [4.78, 5) is 11.8. The molecule has 2 aromatic carbocycles. The standard InChI is InChI=1S/C15H10ClFO2/c16-13-9-10(2-8-15(13)19)1-7-14(18)11-3-5-12(17)6-4-11/h1-9,19H/b7-1+. The van der Waals surface area contributed by atoms with Gasteiger partial charge < -0.3 is 5.11 Å². The van der Waals surface area contributed by atoms with Crippen molar-refractivity contribution in [1.82, 2.24) is 0 Å². The van der Waals surface area contributed by atoms with Crippen molar-refractivity contribution < 1.29 is 14.3 Å². The van der Waals surface area contributed by atoms with Crippen LogP contribution in [0.25, 0.3) is 6.08 Å². The van der Waals surface area contributed by atoms with Gasteiger partial charge in [0, 0.05) is 5.56 Å². The number of carbonyl (C=O) groups is 1. The molecule has 0 spiro atoms. The number of rotatable bonds is 3. The monoisotopic (exact) mass is 276 g/mol. The van der Waals surface area contributed by atoms with Crippen LogP contribution < -0.4 is 0 Å². The molecule has 0 aliphatic carbocycles. The Morgan fingerprint density at radius 1 is 1.16 bits per heavy atom. The highest BCUT2D eigenvalue weighted by Crippen LogP contribution is 2.24. The van der Waals surface area contributed by atoms with Crippen LogP contribution in [0.15, 0.2) is 48.5 Å². The maximum absolute atomic E-state index is 12.7. The molecule has 0 fully saturated rings. The topological polar surface area (TPSA) is 37.3 Å². The SMILES string of the molecule is O=C(/C=C/c1ccc(O)c(Cl)c1)c1ccc(F)cc1. The van der Waals surface area contributed by atoms with Crippen LogP contribution in [-0.2, 0) is 0 Å². The lowest BCUT2D eigenvalue weighted by Gasteiger charge is -1.98. The molecule has 96 valence electrons. The molecule has 0 aromatic heterocycles. The molecule has 2 rings (SSSR count). The molecule has 0 saturated carbocycles. The number of phenolic OH excluding ortho intramolecular Hbond substituents is 1. The summed E-state index contributed by atoms with van der Waals surface area (Å²) in [5.74, 6) is -0.626. The molecule has 0 heterocycles. The molecule has 19 heavy (non-hydrogen) atoms. The first-order valence-electron chi connectivity index (χ1n) is 5.53. The van der Waals surface area contributed by atoms with Crippen LogP contribution in [0.1, 0.15) is 15.9 Å². The molecule has 0 unspecified atom stereocenters. The van der Waals surface area contributed by atoms with Gasteiger partial charge in [-0.3, -0.25) is 4.79 Å². The third kappa shape index (κ3) is 3.42. The molecule has 0 saturated heterocycles. The number of allylic oxidation sites excluding steroid dienone is 1. The van der Waals surface area contributed by atoms with Crippen molar-refractivity contribution in [2.45, 2.75) is 0 Å². The number of benzene rings is 2. The van der Waals surface area contributed by atoms with E-state index in [2.05, 4.69) is 0 Å². The van der Waals surface area contributed by atoms with E-state index in [4.69, 9.17) is 11.6 Å². The molecule has 2 nitrogen and oxygen atoms in total. The fourth-order valence-electron chi connectivity index (χ4n) is 1.51. The quantitative estimate of drug-likeness (QED) is 0.677. The molecule has 2 aromatic rings. The van der Waals surface area contributed by atoms with E-state index >= 15 is 0 Å². The van der Waals surface area contributed by atoms with Crippen LogP contribution in [-0.4, -0.2) is 10.9 Å². The van der Waals surface area contributed by atoms with Gasteiger partial charge in [-0.25, -0.2) is 4.39 Å². The molecule has 0 amide bonds. The van der Waals surface area contributed by atoms with E-state index in [0.29, 0.717) is 11.1 Å². The van der Waals surface area contributed by atoms with Gasteiger partial charge in [-0.15, -0.1) is 0 Å². The summed E-state index contributed by atoms with van der Waals surface area (Å²) in [5.41, 5.74) is 1.10. The van der Waals surface area contributed by atoms with Crippen molar-refractivity contribution in [2.24, 2.45) is 0 Å². The second kappa shape index (κ2) is 5.67. The Balaban J connectivity index is 2.15. The van der Waals surface area contributed by atoms with Crippen molar-refractivity contribution in [3.05, 3.63) is 70.5 Å². The predicted molar refractivity (Wildman–Crippen MR) is 72.9 cm³/mol. The van der Waals surface area contributed by atoms with Gasteiger partial charge in [0.25, 0.3) is 0 Å². The molecule has 0 atom stereocenters. The van der Waals surface area contributed by atoms with Gasteiger partial charge in [0.15, 0.2) is 5.78 Å². The van der Waals surface area contributed by atoms with Gasteiger partial charge in [0.1, 0.15) is 11.6 Å². The summed E-state index contributed by atoms with van der Waals surface area (Å²) in [5, 5.41) is 9.49. The zero-order valence-corrected chi connectivity index (χ0v) is 10.6. The van der Waals surface area contributed by atoms with Gasteiger partial charge in [-0.05, 0) is 48.0 Å². The lowest BCUT2D eigenvalue weighted by molar-refractivity contribution is 0.104. The van der Waals surface area contributed by atoms with Crippen LogP contribution in [0.4, 0.5) is 4.39 Å². The smallest absolute Gasteiger partial charge is 0.185 e. The van der Waals surface area contributed by atoms with Gasteiger partial charge in [-0.2, -0.15) is 0 Å². The van der Waals surface area contributed by atoms with E-state index in [9.17, 15) is 14.3 Å². The zero-order valence-electron chi connectivity index (χ0n) is 9.81. The van der Waals surface area contributed by atoms with Gasteiger partial charge in [-0.1, -0.05) is 23.7 Å². The number of ketones is 1. The van der Waals surface area contributed by atoms with Crippen LogP contribution in [0.5, 0.6) is 5.75 Å². The normalized spacial score (nSPS) is 10.8. The highest BCUT2D eigenvalue weighted by atomic mass is 35.5. The molecule has 0 aliphatic heterocycles. The fourth-order valence-corrected chi connectivity index (χ4v) is 1.70. The maximum atomic E-state index is 12.7. The minimum absolute atomic E-state index is 0.0105. The summed E-state index contributed by atoms with van der Waals surface area (Å²) in [6.07, 6.45) is 2.95. The van der Waals surface area contributed by atoms with Crippen LogP contribution in [0, 0.1) is 5.82 Å². The minimum Gasteiger partial charge on any atom is -0.506 e. The summed E-state index contributed by atoms with van der Waals surface area (Å²) in [6.45, 7) is 0. The Morgan fingerprint density at radius 3 is 2.47 bits per heavy atom. The molecule has 0 aliphatic rings. The highest BCUT2D eigenvalue weighted by molar-refractivity contribution is 6.32. The Labute approximate surface area is 114 Å². The summed E-state index contributed by atoms with van der Waals surface area (Å²) < 4.78 is 12.7. The van der Waals surface area contributed by atoms with E-state index in [0.717, 1.165) is 0 Å². The van der Waals surface area contributed by atoms with Crippen molar-refractivity contribution >= 4 is 23.5 Å². The second-order valence-electron chi connectivity index (χ2n) is 3.92. The van der Waals surface area contributed by atoms with E-state index in [-0.39, 0.29) is 22.4 Å². The first-order valence-corrected chi connectivity index (χ1v) is 5.90. The third-order valence-electron chi connectivity index (χ3n) is 2.53. The predicted octanol–water partition coefficient (Wildman–Crippen LogP) is 4.08. The van der Waals surface area contributed by atoms with E-state index in [1.807, 2.05) is 0 Å². The van der Waals surface area contributed by atoms with Crippen molar-refractivity contribution in [3.63, 3.8) is 0 Å². The molecular formula is C15H10ClFO2. The first kappa shape index (κ1) is 13.3. The average Bonchev–Trinajstić information content (AvgIpc) is 2.40. The van der Waals surface area contributed by atoms with Gasteiger partial charge in [0.2, 0.25) is 0 Å². The average molecular weight is 277 g/mol. The molecule has 4 heteroatoms. The Bertz CT molecular complexity index is 633. The lowest BCUT2D eigenvalue weighted by atomic mass is 10.1. The van der Waals surface area contributed by atoms with Crippen LogP contribution in [0.3, 0.4) is 0 Å². The Hall–Kier alpha value is -2.13. The lowest BCUT2D eigenvalue weighted by Crippen LogP contribution is -1.93. The largest absolute Gasteiger partial charge is 0.506 e. The second-order valence-corrected chi connectivity index (χ2v) is 4.32. The Kier molecular flexibility index (Phi) is 3.97. The first-order chi connectivity index (χ1) is 9.06. The van der Waals surface area contributed by atoms with E-state index < -0.39 is 0 Å². The third-order valence-corrected chi connectivity index (χ3v) is 2.83. The van der Waals surface area contributed by atoms with E-state index in [1.165, 1.54) is 36.4 Å². The number of hydrogen-bond acceptors (Lipinski definition) is 2. The summed E-state index contributed by atoms with van der Waals surface area (Å²) >= 11 is 5.75. The minimum atomic E-state index is -0.383. The zero-order chi connectivity index (χ0) is 13.8. The van der Waals surface area contributed by atoms with Crippen LogP contribution in [0.2, 0.25) is 5.02 Å². The molecule has 0 radical (unpaired) electrons. The number of hydrogen-bond donors (Lipinski definition) is 1. The molecule has 0 bridgehead atoms. The van der Waals surface area contributed by atoms with Crippen molar-refractivity contribution in [3.8, 4) is 5.75 Å². The summed E-state index contributed by atoms with van der Waals surface area (Å²) in [6, 6.07) is 9.94. The number of halogens is 2. The fraction of sp³-hybridized carbons (Fsp3) is 0. The van der Waals surface area contributed by atoms with E-state index in [1.54, 1.807) is 18.2 Å². The van der Waals surface area contributed by atoms with Crippen molar-refractivity contribution in [2.75, 3.05) is 0 Å². The number of phenols is 1. The maximum Gasteiger partial charge on any atom is 0.185 e. The van der Waals surface area contributed by atoms with Crippen LogP contribution >= 0.6 is 11.6 Å². The highest BCUT2D eigenvalue weighted by Gasteiger charge is 2.02. The van der Waals surface area contributed by atoms with Gasteiger partial charge >= 0.3 is 0 Å². The number of carbonyl (C=O) groups excluding carboxylic acids is 1. The Morgan fingerprint density at radius 2 is 1.84 bits per heavy atom.